The second-order valence-electron chi connectivity index (χ2n) is 2.75. The molecule has 0 aliphatic heterocycles. The van der Waals surface area contributed by atoms with Crippen molar-refractivity contribution in [3.8, 4) is 0 Å². The Morgan fingerprint density at radius 1 is 1.36 bits per heavy atom. The van der Waals surface area contributed by atoms with Gasteiger partial charge in [-0.3, -0.25) is 4.21 Å². The van der Waals surface area contributed by atoms with Gasteiger partial charge in [-0.2, -0.15) is 0 Å². The van der Waals surface area contributed by atoms with Gasteiger partial charge >= 0.3 is 0 Å². The summed E-state index contributed by atoms with van der Waals surface area (Å²) in [6.07, 6.45) is -0.317. The average Bonchev–Trinajstić information content (AvgIpc) is 2.26. The minimum absolute atomic E-state index is 0.166. The minimum Gasteiger partial charge on any atom is -0.356 e. The highest BCUT2D eigenvalue weighted by Gasteiger charge is 2.05. The van der Waals surface area contributed by atoms with Crippen molar-refractivity contribution in [3.63, 3.8) is 0 Å². The summed E-state index contributed by atoms with van der Waals surface area (Å²) >= 11 is 0. The highest BCUT2D eigenvalue weighted by molar-refractivity contribution is 7.84. The lowest BCUT2D eigenvalue weighted by Gasteiger charge is -2.10. The molecule has 0 saturated heterocycles. The van der Waals surface area contributed by atoms with Gasteiger partial charge in [-0.15, -0.1) is 0 Å². The molecule has 3 nitrogen and oxygen atoms in total. The van der Waals surface area contributed by atoms with Crippen LogP contribution < -0.4 is 0 Å². The topological polar surface area (TPSA) is 35.5 Å². The van der Waals surface area contributed by atoms with Gasteiger partial charge in [0.25, 0.3) is 0 Å². The van der Waals surface area contributed by atoms with Gasteiger partial charge in [0, 0.05) is 12.0 Å². The average molecular weight is 214 g/mol. The first-order valence-corrected chi connectivity index (χ1v) is 5.63. The Balaban J connectivity index is 2.44. The summed E-state index contributed by atoms with van der Waals surface area (Å²) in [7, 11) is 0.444. The van der Waals surface area contributed by atoms with Crippen molar-refractivity contribution in [3.05, 3.63) is 30.3 Å². The summed E-state index contributed by atoms with van der Waals surface area (Å²) in [4.78, 5) is 0.774. The second-order valence-corrected chi connectivity index (χ2v) is 4.14. The van der Waals surface area contributed by atoms with Crippen LogP contribution in [0.1, 0.15) is 6.92 Å². The molecule has 0 aliphatic rings. The third kappa shape index (κ3) is 3.57. The summed E-state index contributed by atoms with van der Waals surface area (Å²) in [5, 5.41) is 0. The molecule has 0 radical (unpaired) electrons. The minimum atomic E-state index is -1.11. The molecule has 1 rings (SSSR count). The van der Waals surface area contributed by atoms with Gasteiger partial charge in [-0.25, -0.2) is 0 Å². The van der Waals surface area contributed by atoms with Gasteiger partial charge in [0.1, 0.15) is 5.94 Å². The van der Waals surface area contributed by atoms with Crippen molar-refractivity contribution in [1.29, 1.82) is 0 Å². The van der Waals surface area contributed by atoms with Crippen LogP contribution in [0.25, 0.3) is 0 Å². The Morgan fingerprint density at radius 2 is 2.00 bits per heavy atom. The third-order valence-electron chi connectivity index (χ3n) is 1.75. The Bertz CT molecular complexity index is 287. The highest BCUT2D eigenvalue weighted by Crippen LogP contribution is 2.06. The van der Waals surface area contributed by atoms with Crippen LogP contribution in [0.2, 0.25) is 0 Å². The highest BCUT2D eigenvalue weighted by atomic mass is 32.2. The van der Waals surface area contributed by atoms with Gasteiger partial charge in [0.05, 0.1) is 10.8 Å². The number of methoxy groups -OCH3 is 1. The maximum absolute atomic E-state index is 11.6. The van der Waals surface area contributed by atoms with Crippen LogP contribution in [-0.4, -0.2) is 23.5 Å². The molecule has 0 fully saturated rings. The summed E-state index contributed by atoms with van der Waals surface area (Å²) < 4.78 is 21.7. The Hall–Kier alpha value is -0.710. The molecule has 2 atom stereocenters. The van der Waals surface area contributed by atoms with Gasteiger partial charge in [-0.05, 0) is 19.1 Å². The molecule has 0 bridgehead atoms. The standard InChI is InChI=1S/C10H14O3S/c1-9(12-2)13-8-14(11)10-6-4-3-5-7-10/h3-7,9H,8H2,1-2H3. The van der Waals surface area contributed by atoms with Crippen molar-refractivity contribution in [2.24, 2.45) is 0 Å². The van der Waals surface area contributed by atoms with E-state index in [1.165, 1.54) is 0 Å². The first kappa shape index (κ1) is 11.4. The lowest BCUT2D eigenvalue weighted by Crippen LogP contribution is -2.13. The molecule has 0 aromatic heterocycles. The summed E-state index contributed by atoms with van der Waals surface area (Å²) in [5.41, 5.74) is 0. The van der Waals surface area contributed by atoms with Crippen LogP contribution in [0.15, 0.2) is 35.2 Å². The molecule has 0 N–H and O–H groups in total. The molecular weight excluding hydrogens is 200 g/mol. The van der Waals surface area contributed by atoms with E-state index in [9.17, 15) is 4.21 Å². The fraction of sp³-hybridized carbons (Fsp3) is 0.400. The molecule has 0 saturated carbocycles. The largest absolute Gasteiger partial charge is 0.356 e. The molecule has 14 heavy (non-hydrogen) atoms. The maximum atomic E-state index is 11.6. The van der Waals surface area contributed by atoms with Crippen molar-refractivity contribution >= 4 is 10.8 Å². The van der Waals surface area contributed by atoms with Gasteiger partial charge in [-0.1, -0.05) is 18.2 Å². The van der Waals surface area contributed by atoms with Crippen LogP contribution in [0.4, 0.5) is 0 Å². The molecule has 0 spiro atoms. The van der Waals surface area contributed by atoms with Gasteiger partial charge in [0.2, 0.25) is 0 Å². The van der Waals surface area contributed by atoms with Crippen molar-refractivity contribution in [2.75, 3.05) is 13.0 Å². The van der Waals surface area contributed by atoms with Gasteiger partial charge < -0.3 is 9.47 Å². The molecule has 78 valence electrons. The lowest BCUT2D eigenvalue weighted by atomic mass is 10.4. The van der Waals surface area contributed by atoms with Crippen molar-refractivity contribution in [1.82, 2.24) is 0 Å². The quantitative estimate of drug-likeness (QED) is 0.701. The number of ether oxygens (including phenoxy) is 2. The van der Waals surface area contributed by atoms with Crippen LogP contribution in [0.3, 0.4) is 0 Å². The Kier molecular flexibility index (Phi) is 4.79. The van der Waals surface area contributed by atoms with E-state index in [0.29, 0.717) is 0 Å². The van der Waals surface area contributed by atoms with E-state index in [1.54, 1.807) is 14.0 Å². The van der Waals surface area contributed by atoms with Crippen molar-refractivity contribution in [2.45, 2.75) is 18.1 Å². The molecular formula is C10H14O3S. The fourth-order valence-electron chi connectivity index (χ4n) is 0.866. The van der Waals surface area contributed by atoms with E-state index in [-0.39, 0.29) is 12.2 Å². The molecule has 2 unspecified atom stereocenters. The predicted molar refractivity (Wildman–Crippen MR) is 55.3 cm³/mol. The van der Waals surface area contributed by atoms with Crippen molar-refractivity contribution < 1.29 is 13.7 Å². The Morgan fingerprint density at radius 3 is 2.57 bits per heavy atom. The summed E-state index contributed by atoms with van der Waals surface area (Å²) in [5.74, 6) is 0.166. The fourth-order valence-corrected chi connectivity index (χ4v) is 1.78. The zero-order valence-corrected chi connectivity index (χ0v) is 9.12. The van der Waals surface area contributed by atoms with E-state index in [1.807, 2.05) is 30.3 Å². The molecule has 4 heteroatoms. The zero-order chi connectivity index (χ0) is 10.4. The SMILES string of the molecule is COC(C)OCS(=O)c1ccccc1. The van der Waals surface area contributed by atoms with E-state index in [2.05, 4.69) is 0 Å². The molecule has 1 aromatic carbocycles. The summed E-state index contributed by atoms with van der Waals surface area (Å²) in [6, 6.07) is 9.23. The van der Waals surface area contributed by atoms with E-state index in [0.717, 1.165) is 4.90 Å². The van der Waals surface area contributed by atoms with E-state index in [4.69, 9.17) is 9.47 Å². The van der Waals surface area contributed by atoms with E-state index < -0.39 is 10.8 Å². The lowest BCUT2D eigenvalue weighted by molar-refractivity contribution is -0.0945. The van der Waals surface area contributed by atoms with Gasteiger partial charge in [0.15, 0.2) is 6.29 Å². The second kappa shape index (κ2) is 5.90. The summed E-state index contributed by atoms with van der Waals surface area (Å²) in [6.45, 7) is 1.77. The number of rotatable bonds is 5. The third-order valence-corrected chi connectivity index (χ3v) is 2.90. The smallest absolute Gasteiger partial charge is 0.155 e. The van der Waals surface area contributed by atoms with Crippen LogP contribution in [-0.2, 0) is 20.3 Å². The monoisotopic (exact) mass is 214 g/mol. The number of benzene rings is 1. The first-order valence-electron chi connectivity index (χ1n) is 4.32. The van der Waals surface area contributed by atoms with Crippen LogP contribution in [0.5, 0.6) is 0 Å². The van der Waals surface area contributed by atoms with Crippen LogP contribution in [0, 0.1) is 0 Å². The van der Waals surface area contributed by atoms with Crippen LogP contribution >= 0.6 is 0 Å². The maximum Gasteiger partial charge on any atom is 0.155 e. The molecule has 0 aliphatic carbocycles. The molecule has 0 heterocycles. The van der Waals surface area contributed by atoms with E-state index >= 15 is 0 Å². The first-order chi connectivity index (χ1) is 6.74. The normalized spacial score (nSPS) is 15.0. The molecule has 1 aromatic rings. The zero-order valence-electron chi connectivity index (χ0n) is 8.30. The predicted octanol–water partition coefficient (Wildman–Crippen LogP) is 1.76. The molecule has 0 amide bonds. The number of hydrogen-bond donors (Lipinski definition) is 0. The Labute approximate surface area is 86.5 Å². The number of hydrogen-bond acceptors (Lipinski definition) is 3.